The van der Waals surface area contributed by atoms with E-state index in [1.165, 1.54) is 5.56 Å². The van der Waals surface area contributed by atoms with Gasteiger partial charge in [0.15, 0.2) is 0 Å². The molecule has 0 atom stereocenters. The molecule has 0 aliphatic rings. The van der Waals surface area contributed by atoms with Crippen molar-refractivity contribution in [2.24, 2.45) is 5.10 Å². The lowest BCUT2D eigenvalue weighted by Crippen LogP contribution is -2.21. The predicted molar refractivity (Wildman–Crippen MR) is 94.8 cm³/mol. The molecule has 0 aliphatic heterocycles. The second-order valence-corrected chi connectivity index (χ2v) is 5.46. The monoisotopic (exact) mass is 326 g/mol. The third-order valence-corrected chi connectivity index (χ3v) is 3.63. The van der Waals surface area contributed by atoms with Crippen molar-refractivity contribution in [2.75, 3.05) is 14.2 Å². The Labute approximate surface area is 142 Å². The van der Waals surface area contributed by atoms with Crippen LogP contribution < -0.4 is 14.9 Å². The van der Waals surface area contributed by atoms with Gasteiger partial charge in [-0.25, -0.2) is 5.43 Å². The summed E-state index contributed by atoms with van der Waals surface area (Å²) in [6.07, 6.45) is 0.288. The van der Waals surface area contributed by atoms with Crippen molar-refractivity contribution in [1.82, 2.24) is 5.43 Å². The lowest BCUT2D eigenvalue weighted by molar-refractivity contribution is -0.120. The third kappa shape index (κ3) is 4.59. The Kier molecular flexibility index (Phi) is 5.95. The van der Waals surface area contributed by atoms with Gasteiger partial charge in [0.05, 0.1) is 26.4 Å². The van der Waals surface area contributed by atoms with Crippen LogP contribution in [0.4, 0.5) is 0 Å². The molecule has 5 heteroatoms. The Morgan fingerprint density at radius 3 is 2.42 bits per heavy atom. The summed E-state index contributed by atoms with van der Waals surface area (Å²) in [6, 6.07) is 13.3. The maximum atomic E-state index is 12.0. The number of methoxy groups -OCH3 is 2. The van der Waals surface area contributed by atoms with Gasteiger partial charge in [0.1, 0.15) is 11.5 Å². The molecule has 0 saturated carbocycles. The number of aryl methyl sites for hydroxylation is 1. The molecule has 2 aromatic rings. The SMILES string of the molecule is COc1ccc(/C(C)=N\NC(=O)Cc2ccc(C)cc2)c(OC)c1. The molecule has 0 saturated heterocycles. The quantitative estimate of drug-likeness (QED) is 0.655. The van der Waals surface area contributed by atoms with E-state index in [-0.39, 0.29) is 12.3 Å². The number of carbonyl (C=O) groups excluding carboxylic acids is 1. The molecule has 0 radical (unpaired) electrons. The number of hydrogen-bond donors (Lipinski definition) is 1. The molecule has 24 heavy (non-hydrogen) atoms. The number of carbonyl (C=O) groups is 1. The van der Waals surface area contributed by atoms with Crippen LogP contribution in [0.5, 0.6) is 11.5 Å². The summed E-state index contributed by atoms with van der Waals surface area (Å²) in [7, 11) is 3.18. The molecule has 0 aliphatic carbocycles. The van der Waals surface area contributed by atoms with Crippen LogP contribution in [0.2, 0.25) is 0 Å². The van der Waals surface area contributed by atoms with Gasteiger partial charge in [-0.2, -0.15) is 5.10 Å². The zero-order chi connectivity index (χ0) is 17.5. The first-order valence-corrected chi connectivity index (χ1v) is 7.64. The molecule has 0 bridgehead atoms. The van der Waals surface area contributed by atoms with Crippen molar-refractivity contribution in [3.05, 3.63) is 59.2 Å². The number of nitrogens with one attached hydrogen (secondary N) is 1. The van der Waals surface area contributed by atoms with Gasteiger partial charge >= 0.3 is 0 Å². The minimum Gasteiger partial charge on any atom is -0.497 e. The zero-order valence-corrected chi connectivity index (χ0v) is 14.4. The smallest absolute Gasteiger partial charge is 0.244 e. The largest absolute Gasteiger partial charge is 0.497 e. The number of nitrogens with zero attached hydrogens (tertiary/aromatic N) is 1. The molecule has 0 unspecified atom stereocenters. The topological polar surface area (TPSA) is 59.9 Å². The Balaban J connectivity index is 2.05. The summed E-state index contributed by atoms with van der Waals surface area (Å²) < 4.78 is 10.5. The van der Waals surface area contributed by atoms with E-state index in [1.54, 1.807) is 20.3 Å². The highest BCUT2D eigenvalue weighted by Crippen LogP contribution is 2.25. The molecule has 126 valence electrons. The second kappa shape index (κ2) is 8.15. The molecule has 1 amide bonds. The van der Waals surface area contributed by atoms with Crippen LogP contribution in [0, 0.1) is 6.92 Å². The summed E-state index contributed by atoms with van der Waals surface area (Å²) in [5.41, 5.74) is 6.16. The molecular formula is C19H22N2O3. The van der Waals surface area contributed by atoms with Gasteiger partial charge in [0.2, 0.25) is 5.91 Å². The molecule has 0 heterocycles. The van der Waals surface area contributed by atoms with Crippen molar-refractivity contribution in [1.29, 1.82) is 0 Å². The molecule has 0 aromatic heterocycles. The Hall–Kier alpha value is -2.82. The Bertz CT molecular complexity index is 737. The van der Waals surface area contributed by atoms with E-state index in [0.717, 1.165) is 11.1 Å². The summed E-state index contributed by atoms with van der Waals surface area (Å²) >= 11 is 0. The number of hydrogen-bond acceptors (Lipinski definition) is 4. The average molecular weight is 326 g/mol. The molecule has 0 spiro atoms. The summed E-state index contributed by atoms with van der Waals surface area (Å²) in [5.74, 6) is 1.18. The van der Waals surface area contributed by atoms with E-state index < -0.39 is 0 Å². The van der Waals surface area contributed by atoms with Gasteiger partial charge in [-0.05, 0) is 31.5 Å². The van der Waals surface area contributed by atoms with Crippen molar-refractivity contribution < 1.29 is 14.3 Å². The fourth-order valence-electron chi connectivity index (χ4n) is 2.23. The molecule has 5 nitrogen and oxygen atoms in total. The Morgan fingerprint density at radius 1 is 1.08 bits per heavy atom. The fourth-order valence-corrected chi connectivity index (χ4v) is 2.23. The van der Waals surface area contributed by atoms with Crippen LogP contribution in [-0.2, 0) is 11.2 Å². The predicted octanol–water partition coefficient (Wildman–Crippen LogP) is 3.10. The van der Waals surface area contributed by atoms with Crippen LogP contribution >= 0.6 is 0 Å². The lowest BCUT2D eigenvalue weighted by Gasteiger charge is -2.10. The van der Waals surface area contributed by atoms with E-state index in [2.05, 4.69) is 10.5 Å². The summed E-state index contributed by atoms with van der Waals surface area (Å²) in [6.45, 7) is 3.83. The Morgan fingerprint density at radius 2 is 1.79 bits per heavy atom. The first kappa shape index (κ1) is 17.5. The van der Waals surface area contributed by atoms with Gasteiger partial charge in [0, 0.05) is 11.6 Å². The van der Waals surface area contributed by atoms with Gasteiger partial charge in [0.25, 0.3) is 0 Å². The van der Waals surface area contributed by atoms with E-state index in [1.807, 2.05) is 50.2 Å². The van der Waals surface area contributed by atoms with Crippen molar-refractivity contribution in [2.45, 2.75) is 20.3 Å². The lowest BCUT2D eigenvalue weighted by atomic mass is 10.1. The average Bonchev–Trinajstić information content (AvgIpc) is 2.61. The number of ether oxygens (including phenoxy) is 2. The number of rotatable bonds is 6. The maximum absolute atomic E-state index is 12.0. The van der Waals surface area contributed by atoms with E-state index in [0.29, 0.717) is 17.2 Å². The van der Waals surface area contributed by atoms with Crippen LogP contribution in [-0.4, -0.2) is 25.8 Å². The maximum Gasteiger partial charge on any atom is 0.244 e. The zero-order valence-electron chi connectivity index (χ0n) is 14.4. The van der Waals surface area contributed by atoms with E-state index in [4.69, 9.17) is 9.47 Å². The minimum absolute atomic E-state index is 0.161. The third-order valence-electron chi connectivity index (χ3n) is 3.63. The summed E-state index contributed by atoms with van der Waals surface area (Å²) in [5, 5.41) is 4.17. The molecular weight excluding hydrogens is 304 g/mol. The highest BCUT2D eigenvalue weighted by molar-refractivity contribution is 6.01. The van der Waals surface area contributed by atoms with Gasteiger partial charge < -0.3 is 9.47 Å². The van der Waals surface area contributed by atoms with Crippen molar-refractivity contribution in [3.63, 3.8) is 0 Å². The summed E-state index contributed by atoms with van der Waals surface area (Å²) in [4.78, 5) is 12.0. The molecule has 2 aromatic carbocycles. The number of benzene rings is 2. The first-order chi connectivity index (χ1) is 11.5. The van der Waals surface area contributed by atoms with Crippen LogP contribution in [0.25, 0.3) is 0 Å². The van der Waals surface area contributed by atoms with Crippen molar-refractivity contribution >= 4 is 11.6 Å². The van der Waals surface area contributed by atoms with Gasteiger partial charge in [-0.1, -0.05) is 29.8 Å². The second-order valence-electron chi connectivity index (χ2n) is 5.46. The molecule has 1 N–H and O–H groups in total. The minimum atomic E-state index is -0.161. The fraction of sp³-hybridized carbons (Fsp3) is 0.263. The van der Waals surface area contributed by atoms with E-state index in [9.17, 15) is 4.79 Å². The normalized spacial score (nSPS) is 11.1. The number of amides is 1. The highest BCUT2D eigenvalue weighted by Gasteiger charge is 2.09. The van der Waals surface area contributed by atoms with Gasteiger partial charge in [-0.3, -0.25) is 4.79 Å². The van der Waals surface area contributed by atoms with E-state index >= 15 is 0 Å². The van der Waals surface area contributed by atoms with Crippen LogP contribution in [0.1, 0.15) is 23.6 Å². The van der Waals surface area contributed by atoms with Crippen LogP contribution in [0.15, 0.2) is 47.6 Å². The standard InChI is InChI=1S/C19H22N2O3/c1-13-5-7-15(8-6-13)11-19(22)21-20-14(2)17-10-9-16(23-3)12-18(17)24-4/h5-10,12H,11H2,1-4H3,(H,21,22)/b20-14-. The van der Waals surface area contributed by atoms with Gasteiger partial charge in [-0.15, -0.1) is 0 Å². The molecule has 2 rings (SSSR count). The first-order valence-electron chi connectivity index (χ1n) is 7.64. The molecule has 0 fully saturated rings. The number of hydrazone groups is 1. The van der Waals surface area contributed by atoms with Crippen LogP contribution in [0.3, 0.4) is 0 Å². The highest BCUT2D eigenvalue weighted by atomic mass is 16.5. The van der Waals surface area contributed by atoms with Crippen molar-refractivity contribution in [3.8, 4) is 11.5 Å².